The van der Waals surface area contributed by atoms with Crippen LogP contribution < -0.4 is 33.2 Å². The molecule has 0 bridgehead atoms. The summed E-state index contributed by atoms with van der Waals surface area (Å²) >= 11 is 0. The first-order valence-corrected chi connectivity index (χ1v) is 10.0. The van der Waals surface area contributed by atoms with Gasteiger partial charge in [-0.05, 0) is 19.8 Å². The van der Waals surface area contributed by atoms with Gasteiger partial charge in [-0.25, -0.2) is 4.79 Å². The molecule has 16 heteroatoms. The number of nitrogens with two attached hydrogens (primary N) is 3. The molecule has 0 radical (unpaired) electrons. The van der Waals surface area contributed by atoms with E-state index in [2.05, 4.69) is 16.0 Å². The highest BCUT2D eigenvalue weighted by Crippen LogP contribution is 2.05. The number of rotatable bonds is 16. The number of carbonyl (C=O) groups is 7. The molecule has 0 aliphatic carbocycles. The zero-order valence-electron chi connectivity index (χ0n) is 18.4. The maximum Gasteiger partial charge on any atom is 0.326 e. The summed E-state index contributed by atoms with van der Waals surface area (Å²) in [6.45, 7) is 1.21. The lowest BCUT2D eigenvalue weighted by atomic mass is 10.1. The SMILES string of the molecule is CC(O)C(N)C(=O)NC(CC(N)=O)C(=O)NC(CCC(=O)O)C(=O)NC(CCC(N)=O)C(=O)O. The van der Waals surface area contributed by atoms with Gasteiger partial charge >= 0.3 is 11.9 Å². The van der Waals surface area contributed by atoms with Crippen molar-refractivity contribution in [1.29, 1.82) is 0 Å². The summed E-state index contributed by atoms with van der Waals surface area (Å²) in [5.41, 5.74) is 15.5. The van der Waals surface area contributed by atoms with Gasteiger partial charge in [0.25, 0.3) is 0 Å². The van der Waals surface area contributed by atoms with Crippen molar-refractivity contribution in [2.45, 2.75) is 69.3 Å². The largest absolute Gasteiger partial charge is 0.481 e. The summed E-state index contributed by atoms with van der Waals surface area (Å²) in [4.78, 5) is 81.8. The fraction of sp³-hybridized carbons (Fsp3) is 0.611. The van der Waals surface area contributed by atoms with Crippen LogP contribution in [-0.2, 0) is 33.6 Å². The van der Waals surface area contributed by atoms with Crippen LogP contribution in [0.5, 0.6) is 0 Å². The van der Waals surface area contributed by atoms with E-state index in [4.69, 9.17) is 22.3 Å². The van der Waals surface area contributed by atoms with Crippen LogP contribution in [0.25, 0.3) is 0 Å². The normalized spacial score (nSPS) is 15.0. The first-order chi connectivity index (χ1) is 15.6. The highest BCUT2D eigenvalue weighted by atomic mass is 16.4. The molecule has 0 saturated heterocycles. The van der Waals surface area contributed by atoms with Crippen molar-refractivity contribution < 1.29 is 48.9 Å². The standard InChI is InChI=1S/C18H30N6O10/c1-7(25)14(21)17(32)24-10(6-12(20)27)16(31)22-8(3-5-13(28)29)15(30)23-9(18(33)34)2-4-11(19)26/h7-10,14,25H,2-6,21H2,1H3,(H2,19,26)(H2,20,27)(H,22,31)(H,23,30)(H,24,32)(H,28,29)(H,33,34). The number of aliphatic hydroxyl groups excluding tert-OH is 1. The number of amides is 5. The molecule has 0 heterocycles. The molecule has 0 aliphatic rings. The molecule has 16 nitrogen and oxygen atoms in total. The van der Waals surface area contributed by atoms with Crippen molar-refractivity contribution in [3.63, 3.8) is 0 Å². The Labute approximate surface area is 193 Å². The fourth-order valence-corrected chi connectivity index (χ4v) is 2.52. The molecule has 0 saturated carbocycles. The number of carbonyl (C=O) groups excluding carboxylic acids is 5. The number of primary amides is 2. The minimum atomic E-state index is -1.64. The highest BCUT2D eigenvalue weighted by molar-refractivity contribution is 5.96. The van der Waals surface area contributed by atoms with Crippen LogP contribution in [0.15, 0.2) is 0 Å². The van der Waals surface area contributed by atoms with Crippen LogP contribution in [0.4, 0.5) is 0 Å². The number of aliphatic carboxylic acids is 2. The van der Waals surface area contributed by atoms with Crippen LogP contribution in [0.2, 0.25) is 0 Å². The molecule has 34 heavy (non-hydrogen) atoms. The average Bonchev–Trinajstić information content (AvgIpc) is 2.71. The third-order valence-electron chi connectivity index (χ3n) is 4.43. The second-order valence-electron chi connectivity index (χ2n) is 7.40. The predicted molar refractivity (Wildman–Crippen MR) is 112 cm³/mol. The van der Waals surface area contributed by atoms with Crippen molar-refractivity contribution >= 4 is 41.5 Å². The minimum absolute atomic E-state index is 0.367. The predicted octanol–water partition coefficient (Wildman–Crippen LogP) is -4.76. The first-order valence-electron chi connectivity index (χ1n) is 10.0. The van der Waals surface area contributed by atoms with Gasteiger partial charge in [-0.1, -0.05) is 0 Å². The van der Waals surface area contributed by atoms with Gasteiger partial charge < -0.3 is 48.5 Å². The van der Waals surface area contributed by atoms with Gasteiger partial charge in [-0.3, -0.25) is 28.8 Å². The quantitative estimate of drug-likeness (QED) is 0.0988. The Kier molecular flexibility index (Phi) is 12.8. The van der Waals surface area contributed by atoms with Crippen LogP contribution >= 0.6 is 0 Å². The zero-order chi connectivity index (χ0) is 26.6. The maximum atomic E-state index is 12.7. The Bertz CT molecular complexity index is 802. The first kappa shape index (κ1) is 30.2. The van der Waals surface area contributed by atoms with Gasteiger partial charge in [0.05, 0.1) is 12.5 Å². The molecule has 5 unspecified atom stereocenters. The number of hydrogen-bond donors (Lipinski definition) is 9. The van der Waals surface area contributed by atoms with Gasteiger partial charge in [0.2, 0.25) is 29.5 Å². The maximum absolute atomic E-state index is 12.7. The Morgan fingerprint density at radius 3 is 1.65 bits per heavy atom. The summed E-state index contributed by atoms with van der Waals surface area (Å²) in [6, 6.07) is -6.28. The fourth-order valence-electron chi connectivity index (χ4n) is 2.52. The number of aliphatic hydroxyl groups is 1. The molecule has 0 aromatic carbocycles. The molecule has 0 spiro atoms. The van der Waals surface area contributed by atoms with Crippen molar-refractivity contribution in [1.82, 2.24) is 16.0 Å². The van der Waals surface area contributed by atoms with Gasteiger partial charge in [0.15, 0.2) is 0 Å². The Hall–Kier alpha value is -3.79. The number of carboxylic acid groups (broad SMARTS) is 2. The Morgan fingerprint density at radius 1 is 0.735 bits per heavy atom. The Balaban J connectivity index is 5.61. The third-order valence-corrected chi connectivity index (χ3v) is 4.43. The lowest BCUT2D eigenvalue weighted by molar-refractivity contribution is -0.143. The zero-order valence-corrected chi connectivity index (χ0v) is 18.4. The monoisotopic (exact) mass is 490 g/mol. The molecule has 5 amide bonds. The van der Waals surface area contributed by atoms with E-state index >= 15 is 0 Å². The molecule has 5 atom stereocenters. The molecule has 12 N–H and O–H groups in total. The molecular formula is C18H30N6O10. The number of nitrogens with one attached hydrogen (secondary N) is 3. The van der Waals surface area contributed by atoms with Crippen LogP contribution in [0.3, 0.4) is 0 Å². The second kappa shape index (κ2) is 14.4. The van der Waals surface area contributed by atoms with Crippen LogP contribution in [0, 0.1) is 0 Å². The van der Waals surface area contributed by atoms with E-state index in [0.717, 1.165) is 0 Å². The summed E-state index contributed by atoms with van der Waals surface area (Å²) in [7, 11) is 0. The van der Waals surface area contributed by atoms with Gasteiger partial charge in [-0.15, -0.1) is 0 Å². The topological polar surface area (TPSA) is 294 Å². The smallest absolute Gasteiger partial charge is 0.326 e. The summed E-state index contributed by atoms with van der Waals surface area (Å²) in [5.74, 6) is -7.92. The lowest BCUT2D eigenvalue weighted by Gasteiger charge is -2.25. The van der Waals surface area contributed by atoms with Crippen LogP contribution in [-0.4, -0.2) is 87.1 Å². The van der Waals surface area contributed by atoms with Gasteiger partial charge in [-0.2, -0.15) is 0 Å². The van der Waals surface area contributed by atoms with Crippen LogP contribution in [0.1, 0.15) is 39.0 Å². The summed E-state index contributed by atoms with van der Waals surface area (Å²) in [5, 5.41) is 33.8. The average molecular weight is 490 g/mol. The number of hydrogen-bond acceptors (Lipinski definition) is 9. The van der Waals surface area contributed by atoms with E-state index in [9.17, 15) is 43.8 Å². The van der Waals surface area contributed by atoms with Gasteiger partial charge in [0.1, 0.15) is 24.2 Å². The molecule has 0 aromatic rings. The van der Waals surface area contributed by atoms with E-state index in [0.29, 0.717) is 0 Å². The third kappa shape index (κ3) is 11.7. The lowest BCUT2D eigenvalue weighted by Crippen LogP contribution is -2.58. The van der Waals surface area contributed by atoms with Crippen molar-refractivity contribution in [3.8, 4) is 0 Å². The summed E-state index contributed by atoms with van der Waals surface area (Å²) in [6.07, 6.45) is -3.88. The summed E-state index contributed by atoms with van der Waals surface area (Å²) < 4.78 is 0. The van der Waals surface area contributed by atoms with E-state index < -0.39 is 91.0 Å². The highest BCUT2D eigenvalue weighted by Gasteiger charge is 2.32. The molecule has 0 aliphatic heterocycles. The van der Waals surface area contributed by atoms with Crippen molar-refractivity contribution in [3.05, 3.63) is 0 Å². The van der Waals surface area contributed by atoms with E-state index in [-0.39, 0.29) is 12.8 Å². The molecule has 0 aromatic heterocycles. The van der Waals surface area contributed by atoms with E-state index in [1.54, 1.807) is 0 Å². The van der Waals surface area contributed by atoms with E-state index in [1.165, 1.54) is 6.92 Å². The molecular weight excluding hydrogens is 460 g/mol. The van der Waals surface area contributed by atoms with Crippen molar-refractivity contribution in [2.24, 2.45) is 17.2 Å². The molecule has 192 valence electrons. The number of carboxylic acids is 2. The molecule has 0 fully saturated rings. The second-order valence-corrected chi connectivity index (χ2v) is 7.40. The van der Waals surface area contributed by atoms with E-state index in [1.807, 2.05) is 0 Å². The Morgan fingerprint density at radius 2 is 1.21 bits per heavy atom. The molecule has 0 rings (SSSR count). The minimum Gasteiger partial charge on any atom is -0.481 e. The van der Waals surface area contributed by atoms with Crippen molar-refractivity contribution in [2.75, 3.05) is 0 Å². The van der Waals surface area contributed by atoms with Gasteiger partial charge in [0, 0.05) is 12.8 Å².